The van der Waals surface area contributed by atoms with Crippen molar-refractivity contribution >= 4 is 6.29 Å². The van der Waals surface area contributed by atoms with Gasteiger partial charge in [0.15, 0.2) is 0 Å². The molecule has 0 aliphatic rings. The Morgan fingerprint density at radius 1 is 0.457 bits per heavy atom. The van der Waals surface area contributed by atoms with Crippen molar-refractivity contribution in [2.24, 2.45) is 0 Å². The van der Waals surface area contributed by atoms with E-state index in [1.165, 1.54) is 122 Å². The molecule has 0 aliphatic heterocycles. The van der Waals surface area contributed by atoms with E-state index in [-0.39, 0.29) is 0 Å². The van der Waals surface area contributed by atoms with Crippen molar-refractivity contribution in [1.82, 2.24) is 0 Å². The average molecular weight is 485 g/mol. The second kappa shape index (κ2) is 30.7. The number of unbranched alkanes of at least 4 members (excludes halogenated alkanes) is 17. The standard InChI is InChI=1S/C34H60O/c1-3-5-7-9-11-13-15-17-18-20-22-24-26-28-30-32-34(33-35)31-29-27-25-23-21-19-16-14-12-10-8-6-4-2/h11,13,17-19,21,32-33H,3-10,12,14-16,20,22-31H2,1-2H3/b13-11-,18-17-,21-19-,34-32+. The third-order valence-corrected chi connectivity index (χ3v) is 6.69. The van der Waals surface area contributed by atoms with Crippen molar-refractivity contribution in [2.45, 2.75) is 162 Å². The van der Waals surface area contributed by atoms with Crippen LogP contribution in [0.4, 0.5) is 0 Å². The molecule has 0 aromatic rings. The first kappa shape index (κ1) is 33.6. The van der Waals surface area contributed by atoms with Crippen LogP contribution in [0.1, 0.15) is 162 Å². The third kappa shape index (κ3) is 28.8. The minimum atomic E-state index is 0.961. The minimum absolute atomic E-state index is 0.961. The summed E-state index contributed by atoms with van der Waals surface area (Å²) in [5, 5.41) is 0. The zero-order chi connectivity index (χ0) is 25.5. The van der Waals surface area contributed by atoms with Crippen LogP contribution in [-0.4, -0.2) is 6.29 Å². The summed E-state index contributed by atoms with van der Waals surface area (Å²) in [6, 6.07) is 0. The highest BCUT2D eigenvalue weighted by atomic mass is 16.1. The van der Waals surface area contributed by atoms with Crippen LogP contribution in [0.25, 0.3) is 0 Å². The SMILES string of the molecule is CCCCC/C=C\C/C=C\CCCCCC/C=C(/C=O)CCCCC/C=C\CCCCCCCC. The third-order valence-electron chi connectivity index (χ3n) is 6.69. The predicted octanol–water partition coefficient (Wildman–Crippen LogP) is 11.8. The molecule has 0 atom stereocenters. The highest BCUT2D eigenvalue weighted by Crippen LogP contribution is 2.13. The van der Waals surface area contributed by atoms with Gasteiger partial charge in [-0.25, -0.2) is 0 Å². The molecule has 0 aromatic heterocycles. The molecule has 0 N–H and O–H groups in total. The smallest absolute Gasteiger partial charge is 0.145 e. The summed E-state index contributed by atoms with van der Waals surface area (Å²) < 4.78 is 0. The van der Waals surface area contributed by atoms with Gasteiger partial charge in [0.2, 0.25) is 0 Å². The Bertz CT molecular complexity index is 537. The fraction of sp³-hybridized carbons (Fsp3) is 0.735. The predicted molar refractivity (Wildman–Crippen MR) is 159 cm³/mol. The number of carbonyl (C=O) groups is 1. The molecule has 1 heteroatoms. The summed E-state index contributed by atoms with van der Waals surface area (Å²) in [5.41, 5.74) is 1.02. The van der Waals surface area contributed by atoms with Crippen LogP contribution in [-0.2, 0) is 4.79 Å². The Morgan fingerprint density at radius 2 is 0.857 bits per heavy atom. The van der Waals surface area contributed by atoms with Crippen molar-refractivity contribution in [1.29, 1.82) is 0 Å². The van der Waals surface area contributed by atoms with Crippen LogP contribution in [0.15, 0.2) is 48.1 Å². The molecule has 0 amide bonds. The van der Waals surface area contributed by atoms with E-state index in [0.717, 1.165) is 37.5 Å². The zero-order valence-corrected chi connectivity index (χ0v) is 23.8. The molecule has 0 rings (SSSR count). The first-order valence-corrected chi connectivity index (χ1v) is 15.4. The van der Waals surface area contributed by atoms with Crippen LogP contribution in [0, 0.1) is 0 Å². The quantitative estimate of drug-likeness (QED) is 0.0490. The van der Waals surface area contributed by atoms with E-state index in [1.54, 1.807) is 0 Å². The maximum atomic E-state index is 11.3. The van der Waals surface area contributed by atoms with E-state index in [0.29, 0.717) is 0 Å². The van der Waals surface area contributed by atoms with Crippen molar-refractivity contribution in [3.05, 3.63) is 48.1 Å². The summed E-state index contributed by atoms with van der Waals surface area (Å²) in [6.45, 7) is 4.53. The van der Waals surface area contributed by atoms with E-state index in [2.05, 4.69) is 56.4 Å². The van der Waals surface area contributed by atoms with Gasteiger partial charge in [0.05, 0.1) is 0 Å². The first-order chi connectivity index (χ1) is 17.3. The number of carbonyl (C=O) groups excluding carboxylic acids is 1. The fourth-order valence-electron chi connectivity index (χ4n) is 4.32. The monoisotopic (exact) mass is 484 g/mol. The van der Waals surface area contributed by atoms with E-state index in [9.17, 15) is 4.79 Å². The van der Waals surface area contributed by atoms with Crippen molar-refractivity contribution in [2.75, 3.05) is 0 Å². The van der Waals surface area contributed by atoms with Crippen LogP contribution in [0.3, 0.4) is 0 Å². The number of hydrogen-bond acceptors (Lipinski definition) is 1. The van der Waals surface area contributed by atoms with Gasteiger partial charge in [0.25, 0.3) is 0 Å². The molecule has 35 heavy (non-hydrogen) atoms. The summed E-state index contributed by atoms with van der Waals surface area (Å²) in [4.78, 5) is 11.3. The number of rotatable bonds is 27. The van der Waals surface area contributed by atoms with E-state index in [4.69, 9.17) is 0 Å². The molecule has 0 fully saturated rings. The van der Waals surface area contributed by atoms with Crippen LogP contribution < -0.4 is 0 Å². The molecule has 0 saturated heterocycles. The van der Waals surface area contributed by atoms with Gasteiger partial charge in [-0.2, -0.15) is 0 Å². The molecule has 0 unspecified atom stereocenters. The molecule has 0 radical (unpaired) electrons. The lowest BCUT2D eigenvalue weighted by Gasteiger charge is -2.02. The zero-order valence-electron chi connectivity index (χ0n) is 23.8. The average Bonchev–Trinajstić information content (AvgIpc) is 2.87. The molecular weight excluding hydrogens is 424 g/mol. The molecule has 0 spiro atoms. The second-order valence-corrected chi connectivity index (χ2v) is 10.2. The molecular formula is C34H60O. The van der Waals surface area contributed by atoms with Gasteiger partial charge in [0, 0.05) is 0 Å². The molecule has 0 aromatic carbocycles. The van der Waals surface area contributed by atoms with E-state index in [1.807, 2.05) is 0 Å². The Hall–Kier alpha value is -1.37. The first-order valence-electron chi connectivity index (χ1n) is 15.4. The molecule has 0 saturated carbocycles. The summed E-state index contributed by atoms with van der Waals surface area (Å²) in [5.74, 6) is 0. The maximum absolute atomic E-state index is 11.3. The number of aldehydes is 1. The van der Waals surface area contributed by atoms with Crippen molar-refractivity contribution < 1.29 is 4.79 Å². The number of allylic oxidation sites excluding steroid dienone is 8. The van der Waals surface area contributed by atoms with Crippen LogP contribution in [0.5, 0.6) is 0 Å². The van der Waals surface area contributed by atoms with Gasteiger partial charge in [-0.1, -0.05) is 121 Å². The maximum Gasteiger partial charge on any atom is 0.145 e. The molecule has 1 nitrogen and oxygen atoms in total. The molecule has 0 heterocycles. The summed E-state index contributed by atoms with van der Waals surface area (Å²) in [7, 11) is 0. The van der Waals surface area contributed by atoms with Gasteiger partial charge >= 0.3 is 0 Å². The number of hydrogen-bond donors (Lipinski definition) is 0. The second-order valence-electron chi connectivity index (χ2n) is 10.2. The van der Waals surface area contributed by atoms with Gasteiger partial charge in [-0.05, 0) is 89.0 Å². The van der Waals surface area contributed by atoms with Crippen LogP contribution >= 0.6 is 0 Å². The van der Waals surface area contributed by atoms with Gasteiger partial charge in [-0.15, -0.1) is 0 Å². The Kier molecular flexibility index (Phi) is 29.5. The Labute approximate surface area is 220 Å². The van der Waals surface area contributed by atoms with Crippen molar-refractivity contribution in [3.63, 3.8) is 0 Å². The summed E-state index contributed by atoms with van der Waals surface area (Å²) >= 11 is 0. The Balaban J connectivity index is 3.51. The normalized spacial score (nSPS) is 12.6. The summed E-state index contributed by atoms with van der Waals surface area (Å²) in [6.07, 6.45) is 46.3. The minimum Gasteiger partial charge on any atom is -0.298 e. The van der Waals surface area contributed by atoms with Crippen LogP contribution in [0.2, 0.25) is 0 Å². The van der Waals surface area contributed by atoms with Gasteiger partial charge in [0.1, 0.15) is 6.29 Å². The fourth-order valence-corrected chi connectivity index (χ4v) is 4.32. The highest BCUT2D eigenvalue weighted by Gasteiger charge is 1.97. The van der Waals surface area contributed by atoms with Crippen molar-refractivity contribution in [3.8, 4) is 0 Å². The topological polar surface area (TPSA) is 17.1 Å². The lowest BCUT2D eigenvalue weighted by atomic mass is 10.0. The lowest BCUT2D eigenvalue weighted by molar-refractivity contribution is -0.105. The molecule has 202 valence electrons. The Morgan fingerprint density at radius 3 is 1.40 bits per heavy atom. The molecule has 0 bridgehead atoms. The lowest BCUT2D eigenvalue weighted by Crippen LogP contribution is -1.87. The molecule has 0 aliphatic carbocycles. The van der Waals surface area contributed by atoms with E-state index < -0.39 is 0 Å². The highest BCUT2D eigenvalue weighted by molar-refractivity contribution is 5.72. The largest absolute Gasteiger partial charge is 0.298 e. The van der Waals surface area contributed by atoms with E-state index >= 15 is 0 Å². The van der Waals surface area contributed by atoms with Gasteiger partial charge in [-0.3, -0.25) is 4.79 Å². The van der Waals surface area contributed by atoms with Gasteiger partial charge < -0.3 is 0 Å².